The second-order valence-corrected chi connectivity index (χ2v) is 7.52. The highest BCUT2D eigenvalue weighted by atomic mass is 19.2. The zero-order valence-corrected chi connectivity index (χ0v) is 18.3. The first-order valence-electron chi connectivity index (χ1n) is 10.3. The molecule has 0 unspecified atom stereocenters. The van der Waals surface area contributed by atoms with Crippen LogP contribution >= 0.6 is 0 Å². The Hall–Kier alpha value is -3.32. The highest BCUT2D eigenvalue weighted by Crippen LogP contribution is 2.43. The number of hydrogen-bond donors (Lipinski definition) is 0. The molecule has 1 aliphatic heterocycles. The minimum atomic E-state index is -0.847. The van der Waals surface area contributed by atoms with Gasteiger partial charge in [-0.2, -0.15) is 0 Å². The van der Waals surface area contributed by atoms with Crippen molar-refractivity contribution in [2.45, 2.75) is 13.1 Å². The number of halogens is 2. The number of benzene rings is 3. The van der Waals surface area contributed by atoms with Crippen LogP contribution in [-0.4, -0.2) is 39.4 Å². The van der Waals surface area contributed by atoms with E-state index in [2.05, 4.69) is 4.90 Å². The van der Waals surface area contributed by atoms with Crippen LogP contribution in [0.15, 0.2) is 48.5 Å². The molecule has 7 heteroatoms. The third-order valence-electron chi connectivity index (χ3n) is 5.50. The lowest BCUT2D eigenvalue weighted by Crippen LogP contribution is -2.25. The van der Waals surface area contributed by atoms with E-state index in [0.29, 0.717) is 54.8 Å². The average molecular weight is 441 g/mol. The molecule has 0 spiro atoms. The standard InChI is InChI=1S/C25H25F2NO4/c1-29-22-6-4-5-19(25(22)31-3)17-12-18-15-28(9-10-32-24(18)23(13-17)30-2)14-16-7-8-20(26)21(27)11-16/h4-8,11-13H,9-10,14-15H2,1-3H3. The summed E-state index contributed by atoms with van der Waals surface area (Å²) in [6.45, 7) is 2.11. The van der Waals surface area contributed by atoms with Crippen molar-refractivity contribution in [2.75, 3.05) is 34.5 Å². The van der Waals surface area contributed by atoms with E-state index in [4.69, 9.17) is 18.9 Å². The van der Waals surface area contributed by atoms with E-state index >= 15 is 0 Å². The zero-order valence-electron chi connectivity index (χ0n) is 18.3. The molecule has 0 bridgehead atoms. The topological polar surface area (TPSA) is 40.2 Å². The summed E-state index contributed by atoms with van der Waals surface area (Å²) in [6.07, 6.45) is 0. The summed E-state index contributed by atoms with van der Waals surface area (Å²) in [5.74, 6) is 0.881. The molecule has 0 aliphatic carbocycles. The number of para-hydroxylation sites is 1. The number of rotatable bonds is 6. The summed E-state index contributed by atoms with van der Waals surface area (Å²) in [5.41, 5.74) is 3.40. The predicted molar refractivity (Wildman–Crippen MR) is 118 cm³/mol. The Kier molecular flexibility index (Phi) is 6.46. The van der Waals surface area contributed by atoms with Gasteiger partial charge in [-0.05, 0) is 41.5 Å². The van der Waals surface area contributed by atoms with Crippen molar-refractivity contribution in [3.63, 3.8) is 0 Å². The first-order chi connectivity index (χ1) is 15.5. The predicted octanol–water partition coefficient (Wildman–Crippen LogP) is 5.05. The summed E-state index contributed by atoms with van der Waals surface area (Å²) in [4.78, 5) is 2.13. The molecule has 1 heterocycles. The van der Waals surface area contributed by atoms with Gasteiger partial charge in [0.05, 0.1) is 21.3 Å². The van der Waals surface area contributed by atoms with E-state index in [1.165, 1.54) is 6.07 Å². The SMILES string of the molecule is COc1cc(-c2cccc(OC)c2OC)cc2c1OCCN(Cc1ccc(F)c(F)c1)C2. The third-order valence-corrected chi connectivity index (χ3v) is 5.50. The van der Waals surface area contributed by atoms with Crippen LogP contribution in [0.5, 0.6) is 23.0 Å². The van der Waals surface area contributed by atoms with Gasteiger partial charge in [0.15, 0.2) is 34.6 Å². The third kappa shape index (κ3) is 4.34. The maximum Gasteiger partial charge on any atom is 0.168 e. The van der Waals surface area contributed by atoms with Gasteiger partial charge in [-0.3, -0.25) is 4.90 Å². The molecule has 0 atom stereocenters. The number of ether oxygens (including phenoxy) is 4. The quantitative estimate of drug-likeness (QED) is 0.535. The molecule has 0 radical (unpaired) electrons. The van der Waals surface area contributed by atoms with Crippen LogP contribution in [-0.2, 0) is 13.1 Å². The van der Waals surface area contributed by atoms with Gasteiger partial charge in [0.2, 0.25) is 0 Å². The Morgan fingerprint density at radius 1 is 0.906 bits per heavy atom. The van der Waals surface area contributed by atoms with Gasteiger partial charge in [-0.1, -0.05) is 18.2 Å². The van der Waals surface area contributed by atoms with Crippen molar-refractivity contribution >= 4 is 0 Å². The first-order valence-corrected chi connectivity index (χ1v) is 10.3. The molecular formula is C25H25F2NO4. The van der Waals surface area contributed by atoms with E-state index in [1.807, 2.05) is 30.3 Å². The fourth-order valence-corrected chi connectivity index (χ4v) is 3.99. The van der Waals surface area contributed by atoms with E-state index in [0.717, 1.165) is 22.8 Å². The summed E-state index contributed by atoms with van der Waals surface area (Å²) in [5, 5.41) is 0. The monoisotopic (exact) mass is 441 g/mol. The van der Waals surface area contributed by atoms with Crippen molar-refractivity contribution in [2.24, 2.45) is 0 Å². The van der Waals surface area contributed by atoms with Crippen molar-refractivity contribution in [3.8, 4) is 34.1 Å². The molecule has 0 aromatic heterocycles. The van der Waals surface area contributed by atoms with Gasteiger partial charge in [0.25, 0.3) is 0 Å². The smallest absolute Gasteiger partial charge is 0.168 e. The minimum absolute atomic E-state index is 0.453. The van der Waals surface area contributed by atoms with Crippen molar-refractivity contribution in [1.82, 2.24) is 4.90 Å². The van der Waals surface area contributed by atoms with E-state index in [9.17, 15) is 8.78 Å². The molecular weight excluding hydrogens is 416 g/mol. The molecule has 32 heavy (non-hydrogen) atoms. The van der Waals surface area contributed by atoms with Crippen LogP contribution in [0.4, 0.5) is 8.78 Å². The van der Waals surface area contributed by atoms with Gasteiger partial charge in [-0.25, -0.2) is 8.78 Å². The van der Waals surface area contributed by atoms with Crippen LogP contribution in [0, 0.1) is 11.6 Å². The van der Waals surface area contributed by atoms with Crippen molar-refractivity contribution in [1.29, 1.82) is 0 Å². The zero-order chi connectivity index (χ0) is 22.7. The van der Waals surface area contributed by atoms with Gasteiger partial charge >= 0.3 is 0 Å². The summed E-state index contributed by atoms with van der Waals surface area (Å²) in [6, 6.07) is 13.7. The normalized spacial score (nSPS) is 13.7. The molecule has 168 valence electrons. The molecule has 0 saturated heterocycles. The van der Waals surface area contributed by atoms with Crippen LogP contribution in [0.2, 0.25) is 0 Å². The second-order valence-electron chi connectivity index (χ2n) is 7.52. The highest BCUT2D eigenvalue weighted by Gasteiger charge is 2.22. The Morgan fingerprint density at radius 2 is 1.72 bits per heavy atom. The molecule has 0 fully saturated rings. The van der Waals surface area contributed by atoms with Crippen LogP contribution in [0.3, 0.4) is 0 Å². The summed E-state index contributed by atoms with van der Waals surface area (Å²) >= 11 is 0. The van der Waals surface area contributed by atoms with Crippen molar-refractivity contribution < 1.29 is 27.7 Å². The Labute approximate surface area is 186 Å². The number of nitrogens with zero attached hydrogens (tertiary/aromatic N) is 1. The average Bonchev–Trinajstić information content (AvgIpc) is 3.01. The van der Waals surface area contributed by atoms with Gasteiger partial charge in [0, 0.05) is 30.8 Å². The number of hydrogen-bond acceptors (Lipinski definition) is 5. The van der Waals surface area contributed by atoms with Gasteiger partial charge in [0.1, 0.15) is 6.61 Å². The summed E-state index contributed by atoms with van der Waals surface area (Å²) < 4.78 is 49.7. The van der Waals surface area contributed by atoms with Crippen molar-refractivity contribution in [3.05, 3.63) is 71.3 Å². The second kappa shape index (κ2) is 9.44. The molecule has 5 nitrogen and oxygen atoms in total. The maximum absolute atomic E-state index is 13.7. The fraction of sp³-hybridized carbons (Fsp3) is 0.280. The highest BCUT2D eigenvalue weighted by molar-refractivity contribution is 5.77. The molecule has 3 aromatic carbocycles. The van der Waals surface area contributed by atoms with Crippen LogP contribution in [0.25, 0.3) is 11.1 Å². The molecule has 3 aromatic rings. The van der Waals surface area contributed by atoms with Crippen LogP contribution in [0.1, 0.15) is 11.1 Å². The molecule has 1 aliphatic rings. The van der Waals surface area contributed by atoms with E-state index in [1.54, 1.807) is 27.4 Å². The van der Waals surface area contributed by atoms with Crippen LogP contribution < -0.4 is 18.9 Å². The Balaban J connectivity index is 1.71. The van der Waals surface area contributed by atoms with Gasteiger partial charge in [-0.15, -0.1) is 0 Å². The molecule has 0 amide bonds. The lowest BCUT2D eigenvalue weighted by atomic mass is 10.00. The molecule has 4 rings (SSSR count). The lowest BCUT2D eigenvalue weighted by Gasteiger charge is -2.20. The summed E-state index contributed by atoms with van der Waals surface area (Å²) in [7, 11) is 4.81. The molecule has 0 N–H and O–H groups in total. The van der Waals surface area contributed by atoms with E-state index < -0.39 is 11.6 Å². The largest absolute Gasteiger partial charge is 0.493 e. The Morgan fingerprint density at radius 3 is 2.44 bits per heavy atom. The molecule has 0 saturated carbocycles. The minimum Gasteiger partial charge on any atom is -0.493 e. The Bertz CT molecular complexity index is 1120. The van der Waals surface area contributed by atoms with E-state index in [-0.39, 0.29) is 0 Å². The first kappa shape index (κ1) is 21.9. The van der Waals surface area contributed by atoms with Gasteiger partial charge < -0.3 is 18.9 Å². The lowest BCUT2D eigenvalue weighted by molar-refractivity contribution is 0.216. The fourth-order valence-electron chi connectivity index (χ4n) is 3.99. The number of methoxy groups -OCH3 is 3. The maximum atomic E-state index is 13.7. The number of fused-ring (bicyclic) bond motifs is 1.